The van der Waals surface area contributed by atoms with Crippen LogP contribution < -0.4 is 5.56 Å². The highest BCUT2D eigenvalue weighted by molar-refractivity contribution is 5.43. The van der Waals surface area contributed by atoms with Gasteiger partial charge in [0.2, 0.25) is 0 Å². The first kappa shape index (κ1) is 13.5. The topological polar surface area (TPSA) is 113 Å². The molecule has 1 heterocycles. The standard InChI is InChI=1S/C11H10N4O5/c1-7-10(15(19)20)11(16)13(12(7)2)8-3-5-9(6-4-8)14(17)18/h3-6H,1-2H3. The summed E-state index contributed by atoms with van der Waals surface area (Å²) in [5.74, 6) is 0. The van der Waals surface area contributed by atoms with Gasteiger partial charge in [-0.3, -0.25) is 29.7 Å². The lowest BCUT2D eigenvalue weighted by molar-refractivity contribution is -0.386. The minimum Gasteiger partial charge on any atom is -0.278 e. The number of non-ortho nitro benzene ring substituents is 1. The van der Waals surface area contributed by atoms with Gasteiger partial charge in [0.1, 0.15) is 5.69 Å². The van der Waals surface area contributed by atoms with Gasteiger partial charge in [0.15, 0.2) is 0 Å². The van der Waals surface area contributed by atoms with Gasteiger partial charge in [0, 0.05) is 19.2 Å². The summed E-state index contributed by atoms with van der Waals surface area (Å²) in [6.07, 6.45) is 0. The molecule has 0 radical (unpaired) electrons. The number of nitro groups is 2. The average Bonchev–Trinajstić information content (AvgIpc) is 2.60. The second-order valence-corrected chi connectivity index (χ2v) is 4.11. The summed E-state index contributed by atoms with van der Waals surface area (Å²) in [4.78, 5) is 32.2. The molecule has 9 heteroatoms. The van der Waals surface area contributed by atoms with E-state index in [0.717, 1.165) is 4.68 Å². The molecule has 0 spiro atoms. The van der Waals surface area contributed by atoms with Crippen LogP contribution in [0.3, 0.4) is 0 Å². The van der Waals surface area contributed by atoms with Gasteiger partial charge in [-0.1, -0.05) is 0 Å². The largest absolute Gasteiger partial charge is 0.356 e. The van der Waals surface area contributed by atoms with Crippen LogP contribution in [0.5, 0.6) is 0 Å². The van der Waals surface area contributed by atoms with Gasteiger partial charge in [-0.15, -0.1) is 0 Å². The Morgan fingerprint density at radius 2 is 1.60 bits per heavy atom. The Kier molecular flexibility index (Phi) is 3.10. The normalized spacial score (nSPS) is 10.5. The summed E-state index contributed by atoms with van der Waals surface area (Å²) >= 11 is 0. The van der Waals surface area contributed by atoms with Gasteiger partial charge in [0.25, 0.3) is 5.69 Å². The molecule has 0 amide bonds. The average molecular weight is 278 g/mol. The Morgan fingerprint density at radius 3 is 2.00 bits per heavy atom. The van der Waals surface area contributed by atoms with Crippen molar-refractivity contribution < 1.29 is 9.85 Å². The molecule has 1 aromatic carbocycles. The van der Waals surface area contributed by atoms with Crippen molar-refractivity contribution in [2.45, 2.75) is 6.92 Å². The second-order valence-electron chi connectivity index (χ2n) is 4.11. The van der Waals surface area contributed by atoms with Crippen molar-refractivity contribution in [2.24, 2.45) is 7.05 Å². The van der Waals surface area contributed by atoms with E-state index in [0.29, 0.717) is 5.69 Å². The van der Waals surface area contributed by atoms with E-state index in [1.807, 2.05) is 0 Å². The minimum absolute atomic E-state index is 0.123. The lowest BCUT2D eigenvalue weighted by Gasteiger charge is -2.06. The van der Waals surface area contributed by atoms with Crippen molar-refractivity contribution in [1.29, 1.82) is 0 Å². The third-order valence-electron chi connectivity index (χ3n) is 3.01. The van der Waals surface area contributed by atoms with E-state index in [9.17, 15) is 25.0 Å². The SMILES string of the molecule is Cc1c([N+](=O)[O-])c(=O)n(-c2ccc([N+](=O)[O-])cc2)n1C. The van der Waals surface area contributed by atoms with Crippen molar-refractivity contribution in [1.82, 2.24) is 9.36 Å². The van der Waals surface area contributed by atoms with Gasteiger partial charge in [-0.05, 0) is 19.1 Å². The fourth-order valence-corrected chi connectivity index (χ4v) is 1.91. The minimum atomic E-state index is -0.774. The quantitative estimate of drug-likeness (QED) is 0.620. The van der Waals surface area contributed by atoms with E-state index in [2.05, 4.69) is 0 Å². The van der Waals surface area contributed by atoms with Crippen LogP contribution in [0, 0.1) is 27.2 Å². The molecule has 1 aromatic heterocycles. The molecule has 20 heavy (non-hydrogen) atoms. The first-order valence-corrected chi connectivity index (χ1v) is 5.52. The van der Waals surface area contributed by atoms with Gasteiger partial charge >= 0.3 is 11.2 Å². The Morgan fingerprint density at radius 1 is 1.05 bits per heavy atom. The number of aromatic nitrogens is 2. The fourth-order valence-electron chi connectivity index (χ4n) is 1.91. The Balaban J connectivity index is 2.65. The van der Waals surface area contributed by atoms with Crippen LogP contribution in [0.1, 0.15) is 5.69 Å². The van der Waals surface area contributed by atoms with Gasteiger partial charge < -0.3 is 0 Å². The third kappa shape index (κ3) is 1.94. The van der Waals surface area contributed by atoms with Crippen molar-refractivity contribution in [2.75, 3.05) is 0 Å². The van der Waals surface area contributed by atoms with Crippen LogP contribution in [0.2, 0.25) is 0 Å². The molecule has 0 saturated heterocycles. The number of nitro benzene ring substituents is 1. The lowest BCUT2D eigenvalue weighted by atomic mass is 10.3. The molecule has 2 rings (SSSR count). The highest BCUT2D eigenvalue weighted by atomic mass is 16.6. The number of rotatable bonds is 3. The van der Waals surface area contributed by atoms with Crippen LogP contribution in [-0.2, 0) is 7.05 Å². The second kappa shape index (κ2) is 4.61. The van der Waals surface area contributed by atoms with E-state index in [-0.39, 0.29) is 11.4 Å². The molecule has 104 valence electrons. The molecular formula is C11H10N4O5. The summed E-state index contributed by atoms with van der Waals surface area (Å²) in [7, 11) is 1.51. The number of benzene rings is 1. The highest BCUT2D eigenvalue weighted by Gasteiger charge is 2.25. The maximum absolute atomic E-state index is 12.0. The van der Waals surface area contributed by atoms with Crippen molar-refractivity contribution in [3.8, 4) is 5.69 Å². The van der Waals surface area contributed by atoms with E-state index in [1.54, 1.807) is 0 Å². The number of hydrogen-bond donors (Lipinski definition) is 0. The molecule has 0 bridgehead atoms. The van der Waals surface area contributed by atoms with E-state index in [1.165, 1.54) is 42.9 Å². The fraction of sp³-hybridized carbons (Fsp3) is 0.182. The van der Waals surface area contributed by atoms with Crippen LogP contribution in [0.25, 0.3) is 5.69 Å². The molecule has 0 aliphatic heterocycles. The molecule has 0 saturated carbocycles. The van der Waals surface area contributed by atoms with Crippen LogP contribution in [0.4, 0.5) is 11.4 Å². The van der Waals surface area contributed by atoms with E-state index >= 15 is 0 Å². The summed E-state index contributed by atoms with van der Waals surface area (Å²) in [5, 5.41) is 21.4. The molecule has 2 aromatic rings. The van der Waals surface area contributed by atoms with Gasteiger partial charge in [-0.2, -0.15) is 0 Å². The van der Waals surface area contributed by atoms with Crippen LogP contribution >= 0.6 is 0 Å². The van der Waals surface area contributed by atoms with Crippen molar-refractivity contribution in [3.05, 3.63) is 60.5 Å². The predicted octanol–water partition coefficient (Wildman–Crippen LogP) is 1.30. The predicted molar refractivity (Wildman–Crippen MR) is 69.1 cm³/mol. The molecule has 0 fully saturated rings. The maximum atomic E-state index is 12.0. The first-order valence-electron chi connectivity index (χ1n) is 5.52. The molecule has 0 N–H and O–H groups in total. The molecule has 9 nitrogen and oxygen atoms in total. The lowest BCUT2D eigenvalue weighted by Crippen LogP contribution is -2.20. The first-order chi connectivity index (χ1) is 9.34. The third-order valence-corrected chi connectivity index (χ3v) is 3.01. The molecule has 0 atom stereocenters. The van der Waals surface area contributed by atoms with Gasteiger partial charge in [0.05, 0.1) is 15.5 Å². The maximum Gasteiger partial charge on any atom is 0.356 e. The summed E-state index contributed by atoms with van der Waals surface area (Å²) in [6.45, 7) is 1.46. The zero-order valence-corrected chi connectivity index (χ0v) is 10.6. The zero-order valence-electron chi connectivity index (χ0n) is 10.6. The van der Waals surface area contributed by atoms with E-state index in [4.69, 9.17) is 0 Å². The van der Waals surface area contributed by atoms with Crippen molar-refractivity contribution in [3.63, 3.8) is 0 Å². The monoisotopic (exact) mass is 278 g/mol. The summed E-state index contributed by atoms with van der Waals surface area (Å²) in [5.41, 5.74) is -0.880. The number of nitrogens with zero attached hydrogens (tertiary/aromatic N) is 4. The van der Waals surface area contributed by atoms with E-state index < -0.39 is 21.1 Å². The molecule has 0 aliphatic carbocycles. The highest BCUT2D eigenvalue weighted by Crippen LogP contribution is 2.18. The Hall–Kier alpha value is -2.97. The molecular weight excluding hydrogens is 268 g/mol. The smallest absolute Gasteiger partial charge is 0.278 e. The number of hydrogen-bond acceptors (Lipinski definition) is 5. The summed E-state index contributed by atoms with van der Waals surface area (Å²) < 4.78 is 2.43. The molecule has 0 aliphatic rings. The van der Waals surface area contributed by atoms with Crippen LogP contribution in [0.15, 0.2) is 29.1 Å². The van der Waals surface area contributed by atoms with Gasteiger partial charge in [-0.25, -0.2) is 4.68 Å². The van der Waals surface area contributed by atoms with Crippen molar-refractivity contribution >= 4 is 11.4 Å². The zero-order chi connectivity index (χ0) is 15.0. The Labute approximate surface area is 112 Å². The molecule has 0 unspecified atom stereocenters. The summed E-state index contributed by atoms with van der Waals surface area (Å²) in [6, 6.07) is 5.19. The van der Waals surface area contributed by atoms with Crippen LogP contribution in [-0.4, -0.2) is 19.2 Å². The Bertz CT molecular complexity index is 756.